The standard InChI is InChI=1S/C25H32ClF6N3O2/c1-17-5-10-34(11-6-17)20-18(3-2-4-19(20)26)15-33-12-7-23(16-33)8-13-35(14-9-23)22(36)37-21(24(27,28)29)25(30,31)32/h2-4,17,21H,5-16H2,1H3. The zero-order valence-corrected chi connectivity index (χ0v) is 21.4. The van der Waals surface area contributed by atoms with Gasteiger partial charge in [0.15, 0.2) is 0 Å². The normalized spacial score (nSPS) is 21.8. The first-order valence-electron chi connectivity index (χ1n) is 12.6. The first-order chi connectivity index (χ1) is 17.3. The summed E-state index contributed by atoms with van der Waals surface area (Å²) in [5.74, 6) is 0.691. The maximum absolute atomic E-state index is 12.8. The van der Waals surface area contributed by atoms with Crippen molar-refractivity contribution in [2.24, 2.45) is 11.3 Å². The molecule has 3 heterocycles. The van der Waals surface area contributed by atoms with Crippen LogP contribution < -0.4 is 4.90 Å². The van der Waals surface area contributed by atoms with Crippen LogP contribution in [0.5, 0.6) is 0 Å². The van der Waals surface area contributed by atoms with Crippen LogP contribution in [-0.4, -0.2) is 73.6 Å². The van der Waals surface area contributed by atoms with Crippen molar-refractivity contribution in [3.63, 3.8) is 0 Å². The summed E-state index contributed by atoms with van der Waals surface area (Å²) in [7, 11) is 0. The minimum absolute atomic E-state index is 0.0590. The second kappa shape index (κ2) is 10.7. The number of amides is 1. The largest absolute Gasteiger partial charge is 0.434 e. The van der Waals surface area contributed by atoms with E-state index in [1.807, 2.05) is 12.1 Å². The van der Waals surface area contributed by atoms with Crippen molar-refractivity contribution < 1.29 is 35.9 Å². The molecule has 3 fully saturated rings. The van der Waals surface area contributed by atoms with Crippen LogP contribution in [0.2, 0.25) is 5.02 Å². The number of hydrogen-bond donors (Lipinski definition) is 0. The fourth-order valence-electron chi connectivity index (χ4n) is 5.74. The number of alkyl halides is 6. The zero-order chi connectivity index (χ0) is 27.0. The van der Waals surface area contributed by atoms with E-state index in [1.54, 1.807) is 0 Å². The van der Waals surface area contributed by atoms with Gasteiger partial charge in [-0.05, 0) is 61.6 Å². The summed E-state index contributed by atoms with van der Waals surface area (Å²) in [6.07, 6.45) is -13.1. The molecule has 0 radical (unpaired) electrons. The zero-order valence-electron chi connectivity index (χ0n) is 20.7. The fraction of sp³-hybridized carbons (Fsp3) is 0.720. The average molecular weight is 556 g/mol. The molecule has 0 aliphatic carbocycles. The van der Waals surface area contributed by atoms with E-state index in [0.29, 0.717) is 25.3 Å². The topological polar surface area (TPSA) is 36.0 Å². The van der Waals surface area contributed by atoms with Gasteiger partial charge in [-0.2, -0.15) is 26.3 Å². The van der Waals surface area contributed by atoms with Crippen molar-refractivity contribution in [1.29, 1.82) is 0 Å². The second-order valence-electron chi connectivity index (χ2n) is 10.7. The molecule has 1 aromatic rings. The number of rotatable bonds is 4. The minimum atomic E-state index is -5.72. The molecule has 1 aromatic carbocycles. The Labute approximate surface area is 217 Å². The molecule has 4 rings (SSSR count). The lowest BCUT2D eigenvalue weighted by atomic mass is 9.78. The number of para-hydroxylation sites is 1. The molecular weight excluding hydrogens is 524 g/mol. The summed E-state index contributed by atoms with van der Waals surface area (Å²) in [5, 5.41) is 0.726. The maximum Gasteiger partial charge on any atom is 0.434 e. The van der Waals surface area contributed by atoms with Gasteiger partial charge in [-0.25, -0.2) is 4.79 Å². The minimum Gasteiger partial charge on any atom is -0.426 e. The summed E-state index contributed by atoms with van der Waals surface area (Å²) in [4.78, 5) is 17.7. The Bertz CT molecular complexity index is 943. The van der Waals surface area contributed by atoms with E-state index < -0.39 is 24.5 Å². The van der Waals surface area contributed by atoms with Crippen LogP contribution in [0.15, 0.2) is 18.2 Å². The highest BCUT2D eigenvalue weighted by molar-refractivity contribution is 6.33. The van der Waals surface area contributed by atoms with Gasteiger partial charge in [0, 0.05) is 39.3 Å². The molecule has 1 spiro atoms. The Hall–Kier alpha value is -1.88. The highest BCUT2D eigenvalue weighted by Crippen LogP contribution is 2.43. The number of halogens is 7. The van der Waals surface area contributed by atoms with E-state index in [9.17, 15) is 31.1 Å². The molecule has 37 heavy (non-hydrogen) atoms. The summed E-state index contributed by atoms with van der Waals surface area (Å²) in [6.45, 7) is 6.55. The van der Waals surface area contributed by atoms with E-state index >= 15 is 0 Å². The van der Waals surface area contributed by atoms with Crippen molar-refractivity contribution in [3.8, 4) is 0 Å². The smallest absolute Gasteiger partial charge is 0.426 e. The summed E-state index contributed by atoms with van der Waals surface area (Å²) in [5.41, 5.74) is 2.08. The van der Waals surface area contributed by atoms with Crippen LogP contribution in [0, 0.1) is 11.3 Å². The lowest BCUT2D eigenvalue weighted by Crippen LogP contribution is -2.50. The predicted molar refractivity (Wildman–Crippen MR) is 128 cm³/mol. The molecule has 0 bridgehead atoms. The molecule has 5 nitrogen and oxygen atoms in total. The number of likely N-dealkylation sites (tertiary alicyclic amines) is 2. The third kappa shape index (κ3) is 6.58. The molecule has 0 aromatic heterocycles. The fourth-order valence-corrected chi connectivity index (χ4v) is 6.06. The van der Waals surface area contributed by atoms with Crippen LogP contribution in [0.25, 0.3) is 0 Å². The van der Waals surface area contributed by atoms with Gasteiger partial charge in [-0.1, -0.05) is 30.7 Å². The van der Waals surface area contributed by atoms with Crippen LogP contribution in [0.1, 0.15) is 44.6 Å². The van der Waals surface area contributed by atoms with E-state index in [4.69, 9.17) is 11.6 Å². The molecule has 12 heteroatoms. The first kappa shape index (κ1) is 28.1. The SMILES string of the molecule is CC1CCN(c2c(Cl)cccc2CN2CCC3(CCN(C(=O)OC(C(F)(F)F)C(F)(F)F)CC3)C2)CC1. The third-order valence-corrected chi connectivity index (χ3v) is 8.28. The number of piperidine rings is 2. The van der Waals surface area contributed by atoms with Crippen LogP contribution >= 0.6 is 11.6 Å². The number of carbonyl (C=O) groups excluding carboxylic acids is 1. The van der Waals surface area contributed by atoms with Crippen molar-refractivity contribution in [3.05, 3.63) is 28.8 Å². The number of ether oxygens (including phenoxy) is 1. The number of anilines is 1. The number of hydrogen-bond acceptors (Lipinski definition) is 4. The van der Waals surface area contributed by atoms with E-state index in [1.165, 1.54) is 0 Å². The van der Waals surface area contributed by atoms with Gasteiger partial charge in [0.2, 0.25) is 0 Å². The molecule has 3 saturated heterocycles. The third-order valence-electron chi connectivity index (χ3n) is 7.98. The Kier molecular flexibility index (Phi) is 8.14. The molecule has 3 aliphatic heterocycles. The lowest BCUT2D eigenvalue weighted by Gasteiger charge is -2.39. The van der Waals surface area contributed by atoms with Gasteiger partial charge in [-0.15, -0.1) is 0 Å². The van der Waals surface area contributed by atoms with Crippen LogP contribution in [-0.2, 0) is 11.3 Å². The Balaban J connectivity index is 1.35. The Morgan fingerprint density at radius 3 is 2.22 bits per heavy atom. The van der Waals surface area contributed by atoms with Crippen molar-refractivity contribution in [1.82, 2.24) is 9.80 Å². The number of benzene rings is 1. The molecule has 208 valence electrons. The molecule has 0 atom stereocenters. The lowest BCUT2D eigenvalue weighted by molar-refractivity contribution is -0.308. The van der Waals surface area contributed by atoms with E-state index in [2.05, 4.69) is 27.5 Å². The summed E-state index contributed by atoms with van der Waals surface area (Å²) in [6, 6.07) is 5.93. The summed E-state index contributed by atoms with van der Waals surface area (Å²) < 4.78 is 80.4. The predicted octanol–water partition coefficient (Wildman–Crippen LogP) is 6.49. The van der Waals surface area contributed by atoms with Gasteiger partial charge < -0.3 is 14.5 Å². The monoisotopic (exact) mass is 555 g/mol. The molecule has 1 amide bonds. The molecule has 0 N–H and O–H groups in total. The van der Waals surface area contributed by atoms with Gasteiger partial charge in [0.05, 0.1) is 10.7 Å². The highest BCUT2D eigenvalue weighted by atomic mass is 35.5. The molecular formula is C25H32ClF6N3O2. The highest BCUT2D eigenvalue weighted by Gasteiger charge is 2.60. The van der Waals surface area contributed by atoms with Crippen LogP contribution in [0.4, 0.5) is 36.8 Å². The molecule has 3 aliphatic rings. The van der Waals surface area contributed by atoms with Gasteiger partial charge >= 0.3 is 18.4 Å². The average Bonchev–Trinajstić information content (AvgIpc) is 3.19. The van der Waals surface area contributed by atoms with Crippen LogP contribution in [0.3, 0.4) is 0 Å². The molecule has 0 unspecified atom stereocenters. The summed E-state index contributed by atoms with van der Waals surface area (Å²) >= 11 is 6.61. The quantitative estimate of drug-likeness (QED) is 0.398. The van der Waals surface area contributed by atoms with Crippen molar-refractivity contribution in [2.75, 3.05) is 44.2 Å². The Morgan fingerprint density at radius 1 is 1.03 bits per heavy atom. The first-order valence-corrected chi connectivity index (χ1v) is 13.0. The number of carbonyl (C=O) groups is 1. The van der Waals surface area contributed by atoms with Crippen molar-refractivity contribution in [2.45, 2.75) is 64.0 Å². The Morgan fingerprint density at radius 2 is 1.62 bits per heavy atom. The molecule has 0 saturated carbocycles. The second-order valence-corrected chi connectivity index (χ2v) is 11.1. The van der Waals surface area contributed by atoms with Crippen molar-refractivity contribution >= 4 is 23.4 Å². The van der Waals surface area contributed by atoms with E-state index in [-0.39, 0.29) is 18.5 Å². The van der Waals surface area contributed by atoms with Gasteiger partial charge in [-0.3, -0.25) is 4.90 Å². The van der Waals surface area contributed by atoms with Gasteiger partial charge in [0.25, 0.3) is 6.10 Å². The van der Waals surface area contributed by atoms with Gasteiger partial charge in [0.1, 0.15) is 0 Å². The number of nitrogens with zero attached hydrogens (tertiary/aromatic N) is 3. The van der Waals surface area contributed by atoms with E-state index in [0.717, 1.165) is 66.6 Å². The maximum atomic E-state index is 12.8.